The maximum absolute atomic E-state index is 12.5. The van der Waals surface area contributed by atoms with E-state index in [1.807, 2.05) is 6.92 Å². The Kier molecular flexibility index (Phi) is 31.6. The number of allylic oxidation sites excluding steroid dienone is 4. The van der Waals surface area contributed by atoms with Crippen LogP contribution in [0.15, 0.2) is 24.3 Å². The quantitative estimate of drug-likeness (QED) is 0.0253. The van der Waals surface area contributed by atoms with Crippen molar-refractivity contribution >= 4 is 17.8 Å². The Morgan fingerprint density at radius 3 is 1.20 bits per heavy atom. The summed E-state index contributed by atoms with van der Waals surface area (Å²) in [4.78, 5) is 24.8. The molecule has 0 saturated heterocycles. The Hall–Kier alpha value is -1.91. The fourth-order valence-corrected chi connectivity index (χ4v) is 5.53. The molecule has 0 fully saturated rings. The molecule has 0 saturated carbocycles. The molecule has 0 spiro atoms. The normalized spacial score (nSPS) is 13.0. The second kappa shape index (κ2) is 33.0. The minimum Gasteiger partial charge on any atom is -0.449 e. The number of hydrogen-bond acceptors (Lipinski definition) is 5. The van der Waals surface area contributed by atoms with Crippen molar-refractivity contribution in [2.24, 2.45) is 0 Å². The van der Waals surface area contributed by atoms with E-state index >= 15 is 0 Å². The predicted octanol–water partition coefficient (Wildman–Crippen LogP) is 13.3. The van der Waals surface area contributed by atoms with Gasteiger partial charge in [0.05, 0.1) is 0 Å². The number of ether oxygens (including phenoxy) is 2. The molecule has 1 unspecified atom stereocenters. The molecule has 5 nitrogen and oxygen atoms in total. The first kappa shape index (κ1) is 44.1. The van der Waals surface area contributed by atoms with Crippen LogP contribution < -0.4 is 0 Å². The zero-order chi connectivity index (χ0) is 34.0. The van der Waals surface area contributed by atoms with Gasteiger partial charge in [0.25, 0.3) is 0 Å². The van der Waals surface area contributed by atoms with Crippen molar-refractivity contribution in [3.63, 3.8) is 0 Å². The van der Waals surface area contributed by atoms with Gasteiger partial charge in [0.1, 0.15) is 0 Å². The summed E-state index contributed by atoms with van der Waals surface area (Å²) in [6.07, 6.45) is 41.8. The summed E-state index contributed by atoms with van der Waals surface area (Å²) in [7, 11) is 0. The minimum absolute atomic E-state index is 0.259. The molecule has 0 aromatic rings. The highest BCUT2D eigenvalue weighted by Gasteiger charge is 2.35. The van der Waals surface area contributed by atoms with E-state index in [1.54, 1.807) is 6.92 Å². The maximum atomic E-state index is 12.5. The first-order valence-electron chi connectivity index (χ1n) is 19.7. The molecule has 0 aliphatic heterocycles. The number of nitrogens with one attached hydrogen (secondary N) is 1. The fourth-order valence-electron chi connectivity index (χ4n) is 5.53. The van der Waals surface area contributed by atoms with Gasteiger partial charge >= 0.3 is 11.9 Å². The number of carbonyl (C=O) groups is 2. The number of carbonyl (C=O) groups excluding carboxylic acids is 2. The van der Waals surface area contributed by atoms with Crippen molar-refractivity contribution in [1.29, 1.82) is 5.41 Å². The van der Waals surface area contributed by atoms with Crippen molar-refractivity contribution in [3.05, 3.63) is 24.3 Å². The highest BCUT2D eigenvalue weighted by Crippen LogP contribution is 2.21. The summed E-state index contributed by atoms with van der Waals surface area (Å²) in [5.74, 6) is -0.985. The molecule has 0 amide bonds. The van der Waals surface area contributed by atoms with Crippen LogP contribution >= 0.6 is 0 Å². The van der Waals surface area contributed by atoms with Gasteiger partial charge in [-0.05, 0) is 77.6 Å². The molecule has 0 heterocycles. The van der Waals surface area contributed by atoms with Crippen LogP contribution in [0.1, 0.15) is 214 Å². The average molecular weight is 646 g/mol. The van der Waals surface area contributed by atoms with Gasteiger partial charge in [0, 0.05) is 12.8 Å². The average Bonchev–Trinajstić information content (AvgIpc) is 3.04. The van der Waals surface area contributed by atoms with Gasteiger partial charge in [-0.3, -0.25) is 15.0 Å². The summed E-state index contributed by atoms with van der Waals surface area (Å²) in [6, 6.07) is 0. The van der Waals surface area contributed by atoms with Gasteiger partial charge in [-0.1, -0.05) is 148 Å². The van der Waals surface area contributed by atoms with Gasteiger partial charge in [-0.2, -0.15) is 0 Å². The van der Waals surface area contributed by atoms with Crippen LogP contribution in [0.5, 0.6) is 0 Å². The van der Waals surface area contributed by atoms with Crippen LogP contribution in [-0.2, 0) is 19.1 Å². The van der Waals surface area contributed by atoms with Crippen LogP contribution in [-0.4, -0.2) is 23.4 Å². The lowest BCUT2D eigenvalue weighted by atomic mass is 10.0. The molecule has 268 valence electrons. The molecular formula is C41H75NO4. The van der Waals surface area contributed by atoms with Gasteiger partial charge < -0.3 is 9.47 Å². The lowest BCUT2D eigenvalue weighted by Gasteiger charge is -2.27. The van der Waals surface area contributed by atoms with E-state index in [4.69, 9.17) is 14.9 Å². The van der Waals surface area contributed by atoms with Crippen LogP contribution in [0.2, 0.25) is 0 Å². The van der Waals surface area contributed by atoms with E-state index in [-0.39, 0.29) is 11.9 Å². The molecule has 0 aliphatic carbocycles. The molecule has 0 aromatic heterocycles. The van der Waals surface area contributed by atoms with E-state index in [9.17, 15) is 9.59 Å². The third-order valence-corrected chi connectivity index (χ3v) is 9.00. The summed E-state index contributed by atoms with van der Waals surface area (Å²) in [5, 5.41) is 8.32. The minimum atomic E-state index is -1.20. The topological polar surface area (TPSA) is 76.5 Å². The van der Waals surface area contributed by atoms with Gasteiger partial charge in [-0.15, -0.1) is 0 Å². The van der Waals surface area contributed by atoms with Crippen molar-refractivity contribution < 1.29 is 19.1 Å². The Balaban J connectivity index is 3.85. The molecule has 1 atom stereocenters. The third kappa shape index (κ3) is 28.3. The van der Waals surface area contributed by atoms with Gasteiger partial charge in [0.2, 0.25) is 5.90 Å². The Morgan fingerprint density at radius 2 is 0.826 bits per heavy atom. The Morgan fingerprint density at radius 1 is 0.500 bits per heavy atom. The van der Waals surface area contributed by atoms with Crippen LogP contribution in [0.3, 0.4) is 0 Å². The van der Waals surface area contributed by atoms with E-state index in [2.05, 4.69) is 38.2 Å². The molecule has 0 bridgehead atoms. The zero-order valence-electron chi connectivity index (χ0n) is 30.9. The Bertz CT molecular complexity index is 789. The predicted molar refractivity (Wildman–Crippen MR) is 198 cm³/mol. The molecular weight excluding hydrogens is 570 g/mol. The summed E-state index contributed by atoms with van der Waals surface area (Å²) in [5.41, 5.74) is -1.20. The second-order valence-electron chi connectivity index (χ2n) is 13.5. The van der Waals surface area contributed by atoms with E-state index < -0.39 is 11.6 Å². The lowest BCUT2D eigenvalue weighted by Crippen LogP contribution is -2.41. The summed E-state index contributed by atoms with van der Waals surface area (Å²) < 4.78 is 11.0. The SMILES string of the molecule is CCCCCCCC/C=C\CCCCCCCC(=O)OC(=N)C(C)(CC)OC(=O)CCCCCCC/C=C\CCCCCCCC. The fraction of sp³-hybridized carbons (Fsp3) is 0.829. The number of esters is 2. The van der Waals surface area contributed by atoms with Crippen LogP contribution in [0.25, 0.3) is 0 Å². The standard InChI is InChI=1S/C41H75NO4/c1-5-8-10-12-14-16-18-20-22-24-26-28-30-32-34-36-38(43)45-40(42)41(4,7-3)46-39(44)37-35-33-31-29-27-25-23-21-19-17-15-13-11-9-6-2/h20-23,42H,5-19,24-37H2,1-4H3/b22-20-,23-21-,42-40?. The van der Waals surface area contributed by atoms with Crippen LogP contribution in [0, 0.1) is 5.41 Å². The molecule has 0 aliphatic rings. The molecule has 0 aromatic carbocycles. The van der Waals surface area contributed by atoms with Crippen LogP contribution in [0.4, 0.5) is 0 Å². The first-order chi connectivity index (χ1) is 22.4. The molecule has 1 N–H and O–H groups in total. The van der Waals surface area contributed by atoms with E-state index in [1.165, 1.54) is 116 Å². The molecule has 0 radical (unpaired) electrons. The molecule has 5 heteroatoms. The highest BCUT2D eigenvalue weighted by molar-refractivity contribution is 5.93. The first-order valence-corrected chi connectivity index (χ1v) is 19.7. The van der Waals surface area contributed by atoms with E-state index in [0.717, 1.165) is 51.4 Å². The smallest absolute Gasteiger partial charge is 0.312 e. The van der Waals surface area contributed by atoms with Crippen molar-refractivity contribution in [3.8, 4) is 0 Å². The second-order valence-corrected chi connectivity index (χ2v) is 13.5. The summed E-state index contributed by atoms with van der Waals surface area (Å²) in [6.45, 7) is 8.04. The lowest BCUT2D eigenvalue weighted by molar-refractivity contribution is -0.155. The summed E-state index contributed by atoms with van der Waals surface area (Å²) >= 11 is 0. The molecule has 46 heavy (non-hydrogen) atoms. The number of unbranched alkanes of at least 4 members (excludes halogenated alkanes) is 22. The number of hydrogen-bond donors (Lipinski definition) is 1. The van der Waals surface area contributed by atoms with Crippen molar-refractivity contribution in [2.45, 2.75) is 219 Å². The van der Waals surface area contributed by atoms with Gasteiger partial charge in [0.15, 0.2) is 5.60 Å². The van der Waals surface area contributed by atoms with Crippen molar-refractivity contribution in [1.82, 2.24) is 0 Å². The monoisotopic (exact) mass is 646 g/mol. The molecule has 0 rings (SSSR count). The number of rotatable bonds is 33. The third-order valence-electron chi connectivity index (χ3n) is 9.00. The maximum Gasteiger partial charge on any atom is 0.312 e. The Labute approximate surface area is 285 Å². The van der Waals surface area contributed by atoms with Gasteiger partial charge in [-0.25, -0.2) is 0 Å². The highest BCUT2D eigenvalue weighted by atomic mass is 16.6. The van der Waals surface area contributed by atoms with Crippen molar-refractivity contribution in [2.75, 3.05) is 0 Å². The zero-order valence-corrected chi connectivity index (χ0v) is 30.9. The largest absolute Gasteiger partial charge is 0.449 e. The van der Waals surface area contributed by atoms with E-state index in [0.29, 0.717) is 19.3 Å².